The maximum Gasteiger partial charge on any atom is 0.287 e. The fraction of sp³-hybridized carbons (Fsp3) is 0.0333. The highest BCUT2D eigenvalue weighted by Gasteiger charge is 2.14. The maximum absolute atomic E-state index is 13.1. The molecule has 0 aliphatic rings. The fourth-order valence-electron chi connectivity index (χ4n) is 3.71. The lowest BCUT2D eigenvalue weighted by atomic mass is 10.1. The minimum atomic E-state index is -0.607. The van der Waals surface area contributed by atoms with Crippen molar-refractivity contribution in [2.45, 2.75) is 6.92 Å². The van der Waals surface area contributed by atoms with E-state index in [-0.39, 0.29) is 11.4 Å². The van der Waals surface area contributed by atoms with Gasteiger partial charge < -0.3 is 9.88 Å². The number of hydrazone groups is 1. The first-order chi connectivity index (χ1) is 18.9. The number of non-ortho nitro benzene ring substituents is 1. The molecule has 0 spiro atoms. The number of carbonyl (C=O) groups is 2. The number of nitrogens with one attached hydrogen (secondary N) is 2. The van der Waals surface area contributed by atoms with E-state index in [0.717, 1.165) is 11.1 Å². The minimum Gasteiger partial charge on any atom is -0.317 e. The molecule has 4 rings (SSSR count). The molecule has 1 aromatic heterocycles. The van der Waals surface area contributed by atoms with Crippen molar-refractivity contribution in [2.24, 2.45) is 5.10 Å². The second-order valence-corrected chi connectivity index (χ2v) is 8.45. The number of rotatable bonds is 9. The fourth-order valence-corrected chi connectivity index (χ4v) is 3.71. The highest BCUT2D eigenvalue weighted by atomic mass is 16.6. The monoisotopic (exact) mass is 519 g/mol. The third kappa shape index (κ3) is 7.23. The summed E-state index contributed by atoms with van der Waals surface area (Å²) in [6, 6.07) is 27.8. The summed E-state index contributed by atoms with van der Waals surface area (Å²) in [5.74, 6) is -1.04. The van der Waals surface area contributed by atoms with Crippen molar-refractivity contribution in [2.75, 3.05) is 0 Å². The molecule has 3 aromatic carbocycles. The zero-order valence-corrected chi connectivity index (χ0v) is 21.0. The van der Waals surface area contributed by atoms with E-state index in [4.69, 9.17) is 0 Å². The topological polar surface area (TPSA) is 119 Å². The van der Waals surface area contributed by atoms with E-state index in [2.05, 4.69) is 15.8 Å². The molecule has 2 N–H and O–H groups in total. The first kappa shape index (κ1) is 26.5. The van der Waals surface area contributed by atoms with Gasteiger partial charge in [-0.2, -0.15) is 5.10 Å². The number of benzene rings is 3. The third-order valence-electron chi connectivity index (χ3n) is 5.58. The Morgan fingerprint density at radius 2 is 1.56 bits per heavy atom. The third-order valence-corrected chi connectivity index (χ3v) is 5.58. The van der Waals surface area contributed by atoms with Gasteiger partial charge in [0.1, 0.15) is 5.70 Å². The van der Waals surface area contributed by atoms with Crippen LogP contribution in [0.5, 0.6) is 0 Å². The van der Waals surface area contributed by atoms with Crippen LogP contribution >= 0.6 is 0 Å². The molecule has 0 aliphatic carbocycles. The van der Waals surface area contributed by atoms with Crippen LogP contribution in [-0.2, 0) is 4.79 Å². The first-order valence-corrected chi connectivity index (χ1v) is 12.0. The van der Waals surface area contributed by atoms with Crippen molar-refractivity contribution < 1.29 is 14.5 Å². The molecule has 9 heteroatoms. The Morgan fingerprint density at radius 1 is 0.897 bits per heavy atom. The predicted octanol–water partition coefficient (Wildman–Crippen LogP) is 5.25. The molecule has 2 amide bonds. The van der Waals surface area contributed by atoms with Crippen LogP contribution in [0.25, 0.3) is 11.8 Å². The molecule has 0 fully saturated rings. The Morgan fingerprint density at radius 3 is 2.23 bits per heavy atom. The Bertz CT molecular complexity index is 1550. The molecule has 0 saturated heterocycles. The van der Waals surface area contributed by atoms with Gasteiger partial charge in [-0.15, -0.1) is 0 Å². The molecule has 194 valence electrons. The normalized spacial score (nSPS) is 11.8. The molecular weight excluding hydrogens is 494 g/mol. The molecule has 0 atom stereocenters. The Labute approximate surface area is 225 Å². The lowest BCUT2D eigenvalue weighted by Gasteiger charge is -2.10. The molecule has 39 heavy (non-hydrogen) atoms. The van der Waals surface area contributed by atoms with Gasteiger partial charge >= 0.3 is 0 Å². The molecule has 9 nitrogen and oxygen atoms in total. The van der Waals surface area contributed by atoms with Gasteiger partial charge in [-0.3, -0.25) is 19.7 Å². The molecule has 4 aromatic rings. The highest BCUT2D eigenvalue weighted by Crippen LogP contribution is 2.17. The summed E-state index contributed by atoms with van der Waals surface area (Å²) in [6.07, 6.45) is 6.69. The van der Waals surface area contributed by atoms with Crippen LogP contribution in [0, 0.1) is 10.1 Å². The largest absolute Gasteiger partial charge is 0.317 e. The summed E-state index contributed by atoms with van der Waals surface area (Å²) < 4.78 is 1.76. The van der Waals surface area contributed by atoms with E-state index in [0.29, 0.717) is 16.9 Å². The number of nitro groups is 1. The van der Waals surface area contributed by atoms with Crippen LogP contribution in [0.2, 0.25) is 0 Å². The van der Waals surface area contributed by atoms with Crippen LogP contribution in [0.15, 0.2) is 126 Å². The van der Waals surface area contributed by atoms with E-state index in [9.17, 15) is 19.7 Å². The van der Waals surface area contributed by atoms with Crippen LogP contribution in [0.4, 0.5) is 5.69 Å². The first-order valence-electron chi connectivity index (χ1n) is 12.0. The lowest BCUT2D eigenvalue weighted by molar-refractivity contribution is -0.384. The Hall–Kier alpha value is -5.57. The number of hydrogen-bond acceptors (Lipinski definition) is 5. The summed E-state index contributed by atoms with van der Waals surface area (Å²) in [7, 11) is 0. The summed E-state index contributed by atoms with van der Waals surface area (Å²) >= 11 is 0. The minimum absolute atomic E-state index is 0.0122. The number of nitrogens with zero attached hydrogens (tertiary/aromatic N) is 3. The Balaban J connectivity index is 1.53. The zero-order valence-electron chi connectivity index (χ0n) is 21.0. The smallest absolute Gasteiger partial charge is 0.287 e. The molecule has 0 aliphatic heterocycles. The zero-order chi connectivity index (χ0) is 27.6. The van der Waals surface area contributed by atoms with Gasteiger partial charge in [0.15, 0.2) is 0 Å². The molecule has 0 unspecified atom stereocenters. The quantitative estimate of drug-likeness (QED) is 0.103. The molecule has 0 radical (unpaired) electrons. The van der Waals surface area contributed by atoms with Gasteiger partial charge in [-0.25, -0.2) is 5.43 Å². The second-order valence-electron chi connectivity index (χ2n) is 8.45. The Kier molecular flexibility index (Phi) is 8.56. The van der Waals surface area contributed by atoms with Gasteiger partial charge in [0, 0.05) is 29.6 Å². The van der Waals surface area contributed by atoms with Gasteiger partial charge in [0.25, 0.3) is 17.5 Å². The second kappa shape index (κ2) is 12.6. The van der Waals surface area contributed by atoms with Gasteiger partial charge in [-0.1, -0.05) is 54.6 Å². The number of amides is 2. The number of carbonyl (C=O) groups excluding carboxylic acids is 2. The summed E-state index contributed by atoms with van der Waals surface area (Å²) in [4.78, 5) is 36.3. The standard InChI is InChI=1S/C30H25N5O4/c1-22(19-23-9-4-2-5-10-23)20-28(32-29(36)24-11-6-3-7-12-24)30(37)33-31-21-27-13-8-18-34(27)25-14-16-26(17-15-25)35(38)39/h2-21H,1H3,(H,32,36)(H,33,37)/b22-19-,28-20-,31-21?. The van der Waals surface area contributed by atoms with Crippen molar-refractivity contribution in [3.8, 4) is 5.69 Å². The van der Waals surface area contributed by atoms with Crippen molar-refractivity contribution in [1.29, 1.82) is 0 Å². The van der Waals surface area contributed by atoms with E-state index >= 15 is 0 Å². The summed E-state index contributed by atoms with van der Waals surface area (Å²) in [5, 5.41) is 17.7. The van der Waals surface area contributed by atoms with Crippen LogP contribution < -0.4 is 10.7 Å². The van der Waals surface area contributed by atoms with Crippen molar-refractivity contribution >= 4 is 29.8 Å². The average Bonchev–Trinajstić information content (AvgIpc) is 3.42. The van der Waals surface area contributed by atoms with E-state index in [1.165, 1.54) is 18.3 Å². The molecule has 0 bridgehead atoms. The van der Waals surface area contributed by atoms with Crippen LogP contribution in [0.3, 0.4) is 0 Å². The van der Waals surface area contributed by atoms with Gasteiger partial charge in [-0.05, 0) is 60.5 Å². The average molecular weight is 520 g/mol. The summed E-state index contributed by atoms with van der Waals surface area (Å²) in [6.45, 7) is 1.83. The number of hydrogen-bond donors (Lipinski definition) is 2. The van der Waals surface area contributed by atoms with Crippen molar-refractivity contribution in [3.63, 3.8) is 0 Å². The van der Waals surface area contributed by atoms with E-state index in [1.54, 1.807) is 71.4 Å². The number of allylic oxidation sites excluding steroid dienone is 2. The number of aromatic nitrogens is 1. The lowest BCUT2D eigenvalue weighted by Crippen LogP contribution is -2.33. The molecule has 0 saturated carbocycles. The SMILES string of the molecule is CC(=C/c1ccccc1)/C=C(\NC(=O)c1ccccc1)C(=O)NN=Cc1cccn1-c1ccc([N+](=O)[O-])cc1. The van der Waals surface area contributed by atoms with E-state index < -0.39 is 16.7 Å². The van der Waals surface area contributed by atoms with Crippen molar-refractivity contribution in [1.82, 2.24) is 15.3 Å². The van der Waals surface area contributed by atoms with Crippen molar-refractivity contribution in [3.05, 3.63) is 148 Å². The van der Waals surface area contributed by atoms with E-state index in [1.807, 2.05) is 43.3 Å². The predicted molar refractivity (Wildman–Crippen MR) is 150 cm³/mol. The van der Waals surface area contributed by atoms with Gasteiger partial charge in [0.2, 0.25) is 0 Å². The van der Waals surface area contributed by atoms with Crippen LogP contribution in [0.1, 0.15) is 28.5 Å². The summed E-state index contributed by atoms with van der Waals surface area (Å²) in [5.41, 5.74) is 5.90. The van der Waals surface area contributed by atoms with Crippen LogP contribution in [-0.4, -0.2) is 27.5 Å². The maximum atomic E-state index is 13.1. The number of nitro benzene ring substituents is 1. The molecular formula is C30H25N5O4. The molecule has 1 heterocycles. The highest BCUT2D eigenvalue weighted by molar-refractivity contribution is 6.03. The van der Waals surface area contributed by atoms with Gasteiger partial charge in [0.05, 0.1) is 16.8 Å².